The van der Waals surface area contributed by atoms with E-state index in [0.29, 0.717) is 5.69 Å². The lowest BCUT2D eigenvalue weighted by atomic mass is 10.1. The van der Waals surface area contributed by atoms with E-state index in [1.807, 2.05) is 0 Å². The van der Waals surface area contributed by atoms with E-state index in [1.54, 1.807) is 10.9 Å². The summed E-state index contributed by atoms with van der Waals surface area (Å²) in [6.07, 6.45) is 5.02. The van der Waals surface area contributed by atoms with Crippen LogP contribution in [0.1, 0.15) is 16.1 Å². The Kier molecular flexibility index (Phi) is 7.29. The fraction of sp³-hybridized carbons (Fsp3) is 0.235. The number of nitrogens with one attached hydrogen (secondary N) is 2. The van der Waals surface area contributed by atoms with Gasteiger partial charge in [0.15, 0.2) is 11.5 Å². The Balaban J connectivity index is 2.21. The molecule has 1 aromatic heterocycles. The topological polar surface area (TPSA) is 133 Å². The number of nitro groups is 1. The molecular formula is C17H16N4O6S. The number of benzene rings is 1. The summed E-state index contributed by atoms with van der Waals surface area (Å²) < 4.78 is 10.7. The number of amides is 2. The van der Waals surface area contributed by atoms with Crippen molar-refractivity contribution in [1.82, 2.24) is 15.6 Å². The summed E-state index contributed by atoms with van der Waals surface area (Å²) in [5, 5.41) is 17.8. The molecule has 0 bridgehead atoms. The Morgan fingerprint density at radius 2 is 2.14 bits per heavy atom. The van der Waals surface area contributed by atoms with Crippen LogP contribution in [0.5, 0.6) is 11.5 Å². The van der Waals surface area contributed by atoms with E-state index >= 15 is 0 Å². The summed E-state index contributed by atoms with van der Waals surface area (Å²) in [4.78, 5) is 38.6. The van der Waals surface area contributed by atoms with Crippen molar-refractivity contribution in [2.75, 3.05) is 20.2 Å². The van der Waals surface area contributed by atoms with Gasteiger partial charge < -0.3 is 20.1 Å². The van der Waals surface area contributed by atoms with Crippen molar-refractivity contribution in [3.05, 3.63) is 44.4 Å². The predicted molar refractivity (Wildman–Crippen MR) is 100 cm³/mol. The van der Waals surface area contributed by atoms with Gasteiger partial charge in [-0.2, -0.15) is 0 Å². The zero-order valence-corrected chi connectivity index (χ0v) is 15.6. The number of thiazole rings is 1. The summed E-state index contributed by atoms with van der Waals surface area (Å²) in [6.45, 7) is -0.298. The van der Waals surface area contributed by atoms with Crippen LogP contribution < -0.4 is 20.1 Å². The molecule has 0 aliphatic carbocycles. The van der Waals surface area contributed by atoms with Crippen LogP contribution >= 0.6 is 11.3 Å². The second kappa shape index (κ2) is 9.89. The first kappa shape index (κ1) is 20.7. The molecule has 1 aromatic carbocycles. The summed E-state index contributed by atoms with van der Waals surface area (Å²) in [7, 11) is 1.34. The Bertz CT molecular complexity index is 907. The molecule has 0 aliphatic rings. The molecule has 0 aliphatic heterocycles. The van der Waals surface area contributed by atoms with Crippen molar-refractivity contribution in [3.8, 4) is 23.8 Å². The smallest absolute Gasteiger partial charge is 0.286 e. The third kappa shape index (κ3) is 5.42. The maximum Gasteiger partial charge on any atom is 0.286 e. The van der Waals surface area contributed by atoms with E-state index in [-0.39, 0.29) is 36.8 Å². The van der Waals surface area contributed by atoms with Crippen LogP contribution in [0.3, 0.4) is 0 Å². The molecule has 2 amide bonds. The Morgan fingerprint density at radius 1 is 1.36 bits per heavy atom. The number of hydrogen-bond donors (Lipinski definition) is 2. The van der Waals surface area contributed by atoms with Crippen molar-refractivity contribution < 1.29 is 24.0 Å². The number of terminal acetylenes is 1. The zero-order valence-electron chi connectivity index (χ0n) is 14.8. The molecule has 1 heterocycles. The minimum absolute atomic E-state index is 0.00764. The third-order valence-corrected chi connectivity index (χ3v) is 4.01. The summed E-state index contributed by atoms with van der Waals surface area (Å²) >= 11 is 1.38. The molecule has 0 saturated heterocycles. The summed E-state index contributed by atoms with van der Waals surface area (Å²) in [5.74, 6) is 1.10. The second-order valence-electron chi connectivity index (χ2n) is 5.21. The maximum absolute atomic E-state index is 12.3. The number of nitrogens with zero attached hydrogens (tertiary/aromatic N) is 2. The van der Waals surface area contributed by atoms with E-state index in [0.717, 1.165) is 6.07 Å². The first-order valence-corrected chi connectivity index (χ1v) is 8.75. The standard InChI is InChI=1S/C17H16N4O6S/c1-3-4-18-16(22)7-19-17(23)12-5-14(26-2)15(6-13(12)21(24)25)27-8-11-9-28-10-20-11/h1,5-6,9-10H,4,7-8H2,2H3,(H,18,22)(H,19,23). The molecule has 0 saturated carbocycles. The van der Waals surface area contributed by atoms with Gasteiger partial charge in [-0.15, -0.1) is 17.8 Å². The summed E-state index contributed by atoms with van der Waals surface area (Å²) in [5.41, 5.74) is 1.52. The van der Waals surface area contributed by atoms with Gasteiger partial charge in [0.2, 0.25) is 5.91 Å². The Labute approximate surface area is 164 Å². The number of methoxy groups -OCH3 is 1. The fourth-order valence-electron chi connectivity index (χ4n) is 2.08. The lowest BCUT2D eigenvalue weighted by Crippen LogP contribution is -2.37. The van der Waals surface area contributed by atoms with Crippen LogP contribution in [0.15, 0.2) is 23.0 Å². The van der Waals surface area contributed by atoms with E-state index in [4.69, 9.17) is 15.9 Å². The number of aromatic nitrogens is 1. The highest BCUT2D eigenvalue weighted by atomic mass is 32.1. The van der Waals surface area contributed by atoms with Gasteiger partial charge in [0.25, 0.3) is 11.6 Å². The van der Waals surface area contributed by atoms with Crippen molar-refractivity contribution in [2.45, 2.75) is 6.61 Å². The molecule has 0 radical (unpaired) electrons. The minimum atomic E-state index is -0.813. The number of nitro benzene ring substituents is 1. The van der Waals surface area contributed by atoms with Crippen molar-refractivity contribution >= 4 is 28.8 Å². The predicted octanol–water partition coefficient (Wildman–Crippen LogP) is 1.12. The molecular weight excluding hydrogens is 388 g/mol. The van der Waals surface area contributed by atoms with Gasteiger partial charge in [-0.1, -0.05) is 5.92 Å². The molecule has 2 aromatic rings. The number of carbonyl (C=O) groups excluding carboxylic acids is 2. The van der Waals surface area contributed by atoms with Gasteiger partial charge in [0.1, 0.15) is 12.2 Å². The van der Waals surface area contributed by atoms with Gasteiger partial charge in [-0.05, 0) is 0 Å². The second-order valence-corrected chi connectivity index (χ2v) is 5.93. The van der Waals surface area contributed by atoms with Crippen molar-refractivity contribution in [1.29, 1.82) is 0 Å². The van der Waals surface area contributed by atoms with Gasteiger partial charge >= 0.3 is 0 Å². The van der Waals surface area contributed by atoms with E-state index in [2.05, 4.69) is 21.5 Å². The first-order valence-electron chi connectivity index (χ1n) is 7.81. The Hall–Kier alpha value is -3.65. The van der Waals surface area contributed by atoms with E-state index in [9.17, 15) is 19.7 Å². The molecule has 28 heavy (non-hydrogen) atoms. The van der Waals surface area contributed by atoms with Crippen LogP contribution in [-0.2, 0) is 11.4 Å². The molecule has 11 heteroatoms. The first-order chi connectivity index (χ1) is 13.5. The van der Waals surface area contributed by atoms with Gasteiger partial charge in [-0.25, -0.2) is 4.98 Å². The molecule has 0 unspecified atom stereocenters. The van der Waals surface area contributed by atoms with E-state index < -0.39 is 22.4 Å². The quantitative estimate of drug-likeness (QED) is 0.363. The molecule has 10 nitrogen and oxygen atoms in total. The monoisotopic (exact) mass is 404 g/mol. The van der Waals surface area contributed by atoms with Crippen LogP contribution in [0.2, 0.25) is 0 Å². The highest BCUT2D eigenvalue weighted by molar-refractivity contribution is 7.07. The van der Waals surface area contributed by atoms with Gasteiger partial charge in [0, 0.05) is 11.4 Å². The van der Waals surface area contributed by atoms with Crippen molar-refractivity contribution in [3.63, 3.8) is 0 Å². The molecule has 0 spiro atoms. The molecule has 0 fully saturated rings. The lowest BCUT2D eigenvalue weighted by molar-refractivity contribution is -0.385. The van der Waals surface area contributed by atoms with Crippen LogP contribution in [0.4, 0.5) is 5.69 Å². The van der Waals surface area contributed by atoms with E-state index in [1.165, 1.54) is 24.5 Å². The highest BCUT2D eigenvalue weighted by Crippen LogP contribution is 2.35. The minimum Gasteiger partial charge on any atom is -0.493 e. The average molecular weight is 404 g/mol. The lowest BCUT2D eigenvalue weighted by Gasteiger charge is -2.12. The fourth-order valence-corrected chi connectivity index (χ4v) is 2.63. The number of rotatable bonds is 9. The molecule has 146 valence electrons. The number of ether oxygens (including phenoxy) is 2. The maximum atomic E-state index is 12.3. The number of carbonyl (C=O) groups is 2. The Morgan fingerprint density at radius 3 is 2.75 bits per heavy atom. The normalized spacial score (nSPS) is 9.86. The molecule has 2 rings (SSSR count). The van der Waals surface area contributed by atoms with Crippen LogP contribution in [0.25, 0.3) is 0 Å². The zero-order chi connectivity index (χ0) is 20.5. The highest BCUT2D eigenvalue weighted by Gasteiger charge is 2.25. The van der Waals surface area contributed by atoms with Gasteiger partial charge in [-0.3, -0.25) is 19.7 Å². The third-order valence-electron chi connectivity index (χ3n) is 3.38. The number of hydrogen-bond acceptors (Lipinski definition) is 8. The SMILES string of the molecule is C#CCNC(=O)CNC(=O)c1cc(OC)c(OCc2cscn2)cc1[N+](=O)[O-]. The van der Waals surface area contributed by atoms with Crippen LogP contribution in [-0.4, -0.2) is 41.9 Å². The molecule has 0 atom stereocenters. The molecule has 2 N–H and O–H groups in total. The van der Waals surface area contributed by atoms with Gasteiger partial charge in [0.05, 0.1) is 42.4 Å². The average Bonchev–Trinajstić information content (AvgIpc) is 3.21. The summed E-state index contributed by atoms with van der Waals surface area (Å²) in [6, 6.07) is 2.28. The van der Waals surface area contributed by atoms with Crippen LogP contribution in [0, 0.1) is 22.5 Å². The largest absolute Gasteiger partial charge is 0.493 e. The van der Waals surface area contributed by atoms with Crippen molar-refractivity contribution in [2.24, 2.45) is 0 Å².